The zero-order chi connectivity index (χ0) is 31.6. The Morgan fingerprint density at radius 3 is 2.30 bits per heavy atom. The van der Waals surface area contributed by atoms with E-state index in [1.165, 1.54) is 0 Å². The van der Waals surface area contributed by atoms with Gasteiger partial charge in [-0.25, -0.2) is 4.79 Å². The van der Waals surface area contributed by atoms with Crippen molar-refractivity contribution < 1.29 is 55.2 Å². The van der Waals surface area contributed by atoms with E-state index in [-0.39, 0.29) is 30.9 Å². The maximum absolute atomic E-state index is 13.3. The van der Waals surface area contributed by atoms with Crippen molar-refractivity contribution in [3.8, 4) is 17.2 Å². The summed E-state index contributed by atoms with van der Waals surface area (Å²) in [5.41, 5.74) is -7.11. The molecule has 2 aliphatic rings. The molecular weight excluding hydrogens is 586 g/mol. The van der Waals surface area contributed by atoms with Gasteiger partial charge in [0.15, 0.2) is 11.5 Å². The number of alkyl halides is 6. The van der Waals surface area contributed by atoms with E-state index < -0.39 is 41.0 Å². The van der Waals surface area contributed by atoms with E-state index in [0.717, 1.165) is 11.0 Å². The minimum atomic E-state index is -5.99. The zero-order valence-corrected chi connectivity index (χ0v) is 23.5. The van der Waals surface area contributed by atoms with Crippen LogP contribution < -0.4 is 19.5 Å². The van der Waals surface area contributed by atoms with Crippen molar-refractivity contribution in [3.05, 3.63) is 53.1 Å². The Bertz CT molecular complexity index is 1330. The number of fused-ring (bicyclic) bond motifs is 1. The van der Waals surface area contributed by atoms with Crippen LogP contribution in [0.2, 0.25) is 0 Å². The van der Waals surface area contributed by atoms with Gasteiger partial charge in [-0.3, -0.25) is 9.69 Å². The normalized spacial score (nSPS) is 19.3. The van der Waals surface area contributed by atoms with Gasteiger partial charge in [-0.2, -0.15) is 26.3 Å². The molecule has 1 atom stereocenters. The number of nitrogens with zero attached hydrogens (tertiary/aromatic N) is 1. The molecular formula is C29H32F6N2O6. The first-order valence-electron chi connectivity index (χ1n) is 13.8. The second-order valence-corrected chi connectivity index (χ2v) is 10.6. The number of hydrogen-bond donors (Lipinski definition) is 2. The minimum Gasteiger partial charge on any atom is -0.493 e. The Morgan fingerprint density at radius 1 is 0.977 bits per heavy atom. The number of ether oxygens (including phenoxy) is 3. The van der Waals surface area contributed by atoms with E-state index in [1.807, 2.05) is 0 Å². The SMILES string of the molecule is CCCc1cc(C(O)(C(F)(F)F)C(F)(F)F)ccc1OCCCCN1C(=O)NC(C)(c2ccc3c(c2)OCCCO3)C1=O. The molecule has 4 rings (SSSR count). The van der Waals surface area contributed by atoms with Gasteiger partial charge in [-0.1, -0.05) is 25.5 Å². The number of urea groups is 1. The molecule has 1 unspecified atom stereocenters. The summed E-state index contributed by atoms with van der Waals surface area (Å²) in [6, 6.07) is 6.64. The lowest BCUT2D eigenvalue weighted by molar-refractivity contribution is -0.376. The van der Waals surface area contributed by atoms with Gasteiger partial charge in [0.25, 0.3) is 11.5 Å². The summed E-state index contributed by atoms with van der Waals surface area (Å²) < 4.78 is 97.0. The summed E-state index contributed by atoms with van der Waals surface area (Å²) in [5.74, 6) is 0.641. The molecule has 14 heteroatoms. The second kappa shape index (κ2) is 12.1. The molecule has 0 aliphatic carbocycles. The van der Waals surface area contributed by atoms with Crippen molar-refractivity contribution in [2.45, 2.75) is 69.4 Å². The van der Waals surface area contributed by atoms with Gasteiger partial charge in [0.2, 0.25) is 0 Å². The number of imide groups is 1. The molecule has 1 saturated heterocycles. The number of halogens is 6. The van der Waals surface area contributed by atoms with Crippen molar-refractivity contribution in [2.24, 2.45) is 0 Å². The van der Waals surface area contributed by atoms with Crippen LogP contribution in [0.4, 0.5) is 31.1 Å². The van der Waals surface area contributed by atoms with Crippen LogP contribution in [0, 0.1) is 0 Å². The Balaban J connectivity index is 1.38. The number of benzene rings is 2. The molecule has 1 fully saturated rings. The number of carbonyl (C=O) groups is 2. The number of unbranched alkanes of at least 4 members (excludes halogenated alkanes) is 1. The van der Waals surface area contributed by atoms with Crippen LogP contribution in [0.5, 0.6) is 17.2 Å². The Labute approximate surface area is 243 Å². The molecule has 0 aromatic heterocycles. The second-order valence-electron chi connectivity index (χ2n) is 10.6. The van der Waals surface area contributed by atoms with Crippen molar-refractivity contribution in [1.29, 1.82) is 0 Å². The van der Waals surface area contributed by atoms with Crippen molar-refractivity contribution in [3.63, 3.8) is 0 Å². The Kier molecular flexibility index (Phi) is 9.10. The highest BCUT2D eigenvalue weighted by Gasteiger charge is 2.71. The van der Waals surface area contributed by atoms with Crippen LogP contribution in [-0.2, 0) is 22.4 Å². The molecule has 2 aliphatic heterocycles. The molecule has 0 saturated carbocycles. The van der Waals surface area contributed by atoms with E-state index in [0.29, 0.717) is 68.1 Å². The summed E-state index contributed by atoms with van der Waals surface area (Å²) in [6.45, 7) is 4.30. The van der Waals surface area contributed by atoms with Crippen molar-refractivity contribution >= 4 is 11.9 Å². The van der Waals surface area contributed by atoms with Gasteiger partial charge < -0.3 is 24.6 Å². The van der Waals surface area contributed by atoms with E-state index in [1.54, 1.807) is 32.0 Å². The van der Waals surface area contributed by atoms with Crippen LogP contribution in [0.15, 0.2) is 36.4 Å². The monoisotopic (exact) mass is 618 g/mol. The maximum atomic E-state index is 13.3. The lowest BCUT2D eigenvalue weighted by atomic mass is 9.90. The predicted molar refractivity (Wildman–Crippen MR) is 141 cm³/mol. The highest BCUT2D eigenvalue weighted by atomic mass is 19.4. The van der Waals surface area contributed by atoms with Gasteiger partial charge in [0.05, 0.1) is 19.8 Å². The lowest BCUT2D eigenvalue weighted by Gasteiger charge is -2.33. The molecule has 43 heavy (non-hydrogen) atoms. The number of aryl methyl sites for hydroxylation is 1. The largest absolute Gasteiger partial charge is 0.493 e. The van der Waals surface area contributed by atoms with Crippen LogP contribution in [0.3, 0.4) is 0 Å². The molecule has 2 aromatic carbocycles. The molecule has 0 radical (unpaired) electrons. The third kappa shape index (κ3) is 6.20. The fourth-order valence-corrected chi connectivity index (χ4v) is 5.02. The van der Waals surface area contributed by atoms with E-state index >= 15 is 0 Å². The molecule has 2 heterocycles. The smallest absolute Gasteiger partial charge is 0.430 e. The first kappa shape index (κ1) is 32.2. The van der Waals surface area contributed by atoms with Gasteiger partial charge in [0.1, 0.15) is 11.3 Å². The standard InChI is InChI=1S/C29H32F6N2O6/c1-3-7-18-16-20(27(40,28(30,31)32)29(33,34)35)9-10-21(18)41-13-5-4-12-37-24(38)26(2,36-25(37)39)19-8-11-22-23(17-19)43-15-6-14-42-22/h8-11,16-17,40H,3-7,12-15H2,1-2H3,(H,36,39). The maximum Gasteiger partial charge on any atom is 0.430 e. The Hall–Kier alpha value is -3.68. The number of nitrogens with one attached hydrogen (secondary N) is 1. The van der Waals surface area contributed by atoms with Gasteiger partial charge in [0, 0.05) is 18.5 Å². The number of amides is 3. The fourth-order valence-electron chi connectivity index (χ4n) is 5.02. The summed E-state index contributed by atoms with van der Waals surface area (Å²) in [5, 5.41) is 12.5. The predicted octanol–water partition coefficient (Wildman–Crippen LogP) is 5.74. The molecule has 2 aromatic rings. The highest BCUT2D eigenvalue weighted by Crippen LogP contribution is 2.50. The molecule has 0 bridgehead atoms. The first-order chi connectivity index (χ1) is 20.1. The molecule has 2 N–H and O–H groups in total. The third-order valence-corrected chi connectivity index (χ3v) is 7.45. The number of hydrogen-bond acceptors (Lipinski definition) is 6. The van der Waals surface area contributed by atoms with E-state index in [9.17, 15) is 41.0 Å². The summed E-state index contributed by atoms with van der Waals surface area (Å²) in [4.78, 5) is 27.1. The van der Waals surface area contributed by atoms with Gasteiger partial charge >= 0.3 is 18.4 Å². The summed E-state index contributed by atoms with van der Waals surface area (Å²) in [7, 11) is 0. The highest BCUT2D eigenvalue weighted by molar-refractivity contribution is 6.07. The molecule has 8 nitrogen and oxygen atoms in total. The number of rotatable bonds is 10. The average molecular weight is 619 g/mol. The summed E-state index contributed by atoms with van der Waals surface area (Å²) >= 11 is 0. The number of carbonyl (C=O) groups excluding carboxylic acids is 2. The van der Waals surface area contributed by atoms with Gasteiger partial charge in [-0.15, -0.1) is 0 Å². The van der Waals surface area contributed by atoms with Gasteiger partial charge in [-0.05, 0) is 61.6 Å². The van der Waals surface area contributed by atoms with Crippen LogP contribution in [-0.4, -0.2) is 60.7 Å². The summed E-state index contributed by atoms with van der Waals surface area (Å²) in [6.07, 6.45) is -10.1. The van der Waals surface area contributed by atoms with E-state index in [2.05, 4.69) is 5.32 Å². The molecule has 236 valence electrons. The first-order valence-corrected chi connectivity index (χ1v) is 13.8. The third-order valence-electron chi connectivity index (χ3n) is 7.45. The average Bonchev–Trinajstić information content (AvgIpc) is 3.07. The van der Waals surface area contributed by atoms with E-state index in [4.69, 9.17) is 14.2 Å². The Morgan fingerprint density at radius 2 is 1.65 bits per heavy atom. The lowest BCUT2D eigenvalue weighted by Crippen LogP contribution is -2.53. The van der Waals surface area contributed by atoms with Crippen LogP contribution >= 0.6 is 0 Å². The molecule has 3 amide bonds. The minimum absolute atomic E-state index is 0.0158. The molecule has 0 spiro atoms. The quantitative estimate of drug-likeness (QED) is 0.200. The van der Waals surface area contributed by atoms with Crippen LogP contribution in [0.1, 0.15) is 56.2 Å². The topological polar surface area (TPSA) is 97.3 Å². The van der Waals surface area contributed by atoms with Crippen molar-refractivity contribution in [1.82, 2.24) is 10.2 Å². The fraction of sp³-hybridized carbons (Fsp3) is 0.517. The number of aliphatic hydroxyl groups is 1. The van der Waals surface area contributed by atoms with Crippen LogP contribution in [0.25, 0.3) is 0 Å². The van der Waals surface area contributed by atoms with Crippen molar-refractivity contribution in [2.75, 3.05) is 26.4 Å². The zero-order valence-electron chi connectivity index (χ0n) is 23.5.